The van der Waals surface area contributed by atoms with Crippen molar-refractivity contribution < 1.29 is 14.4 Å². The Bertz CT molecular complexity index is 1290. The van der Waals surface area contributed by atoms with Crippen LogP contribution in [0, 0.1) is 0 Å². The monoisotopic (exact) mass is 524 g/mol. The first-order valence-electron chi connectivity index (χ1n) is 13.9. The van der Waals surface area contributed by atoms with Crippen LogP contribution in [0.4, 0.5) is 5.69 Å². The van der Waals surface area contributed by atoms with Gasteiger partial charge in [0.2, 0.25) is 5.91 Å². The molecule has 0 aliphatic carbocycles. The van der Waals surface area contributed by atoms with Crippen molar-refractivity contribution in [2.45, 2.75) is 38.1 Å². The molecule has 202 valence electrons. The van der Waals surface area contributed by atoms with Gasteiger partial charge >= 0.3 is 0 Å². The van der Waals surface area contributed by atoms with Gasteiger partial charge in [-0.15, -0.1) is 0 Å². The number of unbranched alkanes of at least 4 members (excludes halogenated alkanes) is 1. The number of para-hydroxylation sites is 1. The topological polar surface area (TPSA) is 73.0 Å². The molecule has 1 N–H and O–H groups in total. The van der Waals surface area contributed by atoms with Crippen LogP contribution in [-0.4, -0.2) is 65.9 Å². The summed E-state index contributed by atoms with van der Waals surface area (Å²) in [5.74, 6) is -0.182. The molecule has 3 aromatic carbocycles. The van der Waals surface area contributed by atoms with Crippen molar-refractivity contribution in [2.75, 3.05) is 37.7 Å². The highest BCUT2D eigenvalue weighted by atomic mass is 16.2. The number of carbonyl (C=O) groups is 3. The fourth-order valence-electron chi connectivity index (χ4n) is 5.65. The minimum absolute atomic E-state index is 0.0201. The Morgan fingerprint density at radius 3 is 2.10 bits per heavy atom. The molecule has 0 atom stereocenters. The molecule has 5 rings (SSSR count). The maximum atomic E-state index is 13.9. The summed E-state index contributed by atoms with van der Waals surface area (Å²) in [6.45, 7) is 4.06. The minimum atomic E-state index is -0.765. The zero-order chi connectivity index (χ0) is 27.2. The highest BCUT2D eigenvalue weighted by Gasteiger charge is 2.54. The van der Waals surface area contributed by atoms with Crippen molar-refractivity contribution >= 4 is 23.4 Å². The summed E-state index contributed by atoms with van der Waals surface area (Å²) in [5, 5.41) is 2.93. The van der Waals surface area contributed by atoms with Gasteiger partial charge in [-0.25, -0.2) is 0 Å². The smallest absolute Gasteiger partial charge is 0.253 e. The third-order valence-corrected chi connectivity index (χ3v) is 7.89. The molecule has 1 spiro atoms. The lowest BCUT2D eigenvalue weighted by Gasteiger charge is -2.43. The fraction of sp³-hybridized carbons (Fsp3) is 0.344. The predicted molar refractivity (Wildman–Crippen MR) is 153 cm³/mol. The summed E-state index contributed by atoms with van der Waals surface area (Å²) in [4.78, 5) is 45.4. The van der Waals surface area contributed by atoms with Gasteiger partial charge in [-0.1, -0.05) is 74.0 Å². The number of amides is 3. The molecule has 3 aromatic rings. The predicted octanol–water partition coefficient (Wildman–Crippen LogP) is 4.55. The second kappa shape index (κ2) is 11.7. The Labute approximate surface area is 230 Å². The molecular formula is C32H36N4O3. The van der Waals surface area contributed by atoms with Crippen molar-refractivity contribution in [3.63, 3.8) is 0 Å². The van der Waals surface area contributed by atoms with Crippen LogP contribution in [0.25, 0.3) is 11.1 Å². The van der Waals surface area contributed by atoms with Gasteiger partial charge in [0.25, 0.3) is 11.8 Å². The van der Waals surface area contributed by atoms with Gasteiger partial charge in [-0.3, -0.25) is 14.4 Å². The molecule has 7 heteroatoms. The van der Waals surface area contributed by atoms with Gasteiger partial charge in [0, 0.05) is 30.9 Å². The first kappa shape index (κ1) is 26.5. The highest BCUT2D eigenvalue weighted by molar-refractivity contribution is 5.98. The Kier molecular flexibility index (Phi) is 7.96. The van der Waals surface area contributed by atoms with E-state index in [1.54, 1.807) is 4.90 Å². The van der Waals surface area contributed by atoms with Crippen LogP contribution in [0.5, 0.6) is 0 Å². The second-order valence-electron chi connectivity index (χ2n) is 10.4. The van der Waals surface area contributed by atoms with Crippen molar-refractivity contribution in [3.8, 4) is 11.1 Å². The molecule has 0 saturated carbocycles. The lowest BCUT2D eigenvalue weighted by atomic mass is 9.85. The highest BCUT2D eigenvalue weighted by Crippen LogP contribution is 2.39. The average Bonchev–Trinajstić information content (AvgIpc) is 3.24. The molecule has 2 aliphatic rings. The van der Waals surface area contributed by atoms with Crippen molar-refractivity contribution in [1.29, 1.82) is 0 Å². The van der Waals surface area contributed by atoms with Gasteiger partial charge in [-0.2, -0.15) is 0 Å². The lowest BCUT2D eigenvalue weighted by Crippen LogP contribution is -2.57. The van der Waals surface area contributed by atoms with Crippen LogP contribution in [0.2, 0.25) is 0 Å². The van der Waals surface area contributed by atoms with E-state index in [1.807, 2.05) is 77.7 Å². The van der Waals surface area contributed by atoms with Crippen LogP contribution in [-0.2, 0) is 9.59 Å². The molecule has 3 amide bonds. The molecule has 39 heavy (non-hydrogen) atoms. The normalized spacial score (nSPS) is 16.5. The quantitative estimate of drug-likeness (QED) is 0.439. The summed E-state index contributed by atoms with van der Waals surface area (Å²) in [7, 11) is 0. The SMILES string of the molecule is CCCCNC(=O)CN1CN(c2ccccc2)C2(CCN(C(=O)c3ccc(-c4ccccc4)cc3)CC2)C1=O. The Morgan fingerprint density at radius 1 is 0.846 bits per heavy atom. The fourth-order valence-corrected chi connectivity index (χ4v) is 5.65. The number of anilines is 1. The number of hydrogen-bond donors (Lipinski definition) is 1. The number of nitrogens with one attached hydrogen (secondary N) is 1. The molecular weight excluding hydrogens is 488 g/mol. The Morgan fingerprint density at radius 2 is 1.46 bits per heavy atom. The van der Waals surface area contributed by atoms with E-state index in [1.165, 1.54) is 0 Å². The van der Waals surface area contributed by atoms with E-state index in [0.29, 0.717) is 44.7 Å². The molecule has 0 unspecified atom stereocenters. The summed E-state index contributed by atoms with van der Waals surface area (Å²) >= 11 is 0. The average molecular weight is 525 g/mol. The van der Waals surface area contributed by atoms with Crippen LogP contribution in [0.1, 0.15) is 43.0 Å². The van der Waals surface area contributed by atoms with Gasteiger partial charge in [-0.05, 0) is 54.7 Å². The van der Waals surface area contributed by atoms with Crippen LogP contribution in [0.15, 0.2) is 84.9 Å². The molecule has 0 radical (unpaired) electrons. The third-order valence-electron chi connectivity index (χ3n) is 7.89. The number of piperidine rings is 1. The number of benzene rings is 3. The standard InChI is InChI=1S/C32H36N4O3/c1-2-3-20-33-29(37)23-35-24-36(28-12-8-5-9-13-28)32(31(35)39)18-21-34(22-19-32)30(38)27-16-14-26(15-17-27)25-10-6-4-7-11-25/h4-17H,2-3,18-24H2,1H3,(H,33,37). The van der Waals surface area contributed by atoms with Gasteiger partial charge < -0.3 is 20.0 Å². The number of likely N-dealkylation sites (tertiary alicyclic amines) is 1. The van der Waals surface area contributed by atoms with Gasteiger partial charge in [0.15, 0.2) is 0 Å². The van der Waals surface area contributed by atoms with E-state index < -0.39 is 5.54 Å². The van der Waals surface area contributed by atoms with Crippen LogP contribution < -0.4 is 10.2 Å². The molecule has 0 bridgehead atoms. The molecule has 0 aromatic heterocycles. The summed E-state index contributed by atoms with van der Waals surface area (Å²) < 4.78 is 0. The summed E-state index contributed by atoms with van der Waals surface area (Å²) in [5.41, 5.74) is 3.02. The van der Waals surface area contributed by atoms with Gasteiger partial charge in [0.1, 0.15) is 12.1 Å². The number of rotatable bonds is 8. The second-order valence-corrected chi connectivity index (χ2v) is 10.4. The van der Waals surface area contributed by atoms with E-state index in [2.05, 4.69) is 29.3 Å². The Balaban J connectivity index is 1.29. The van der Waals surface area contributed by atoms with E-state index in [4.69, 9.17) is 0 Å². The maximum absolute atomic E-state index is 13.9. The molecule has 2 saturated heterocycles. The number of hydrogen-bond acceptors (Lipinski definition) is 4. The van der Waals surface area contributed by atoms with Crippen LogP contribution in [0.3, 0.4) is 0 Å². The van der Waals surface area contributed by atoms with Crippen molar-refractivity contribution in [1.82, 2.24) is 15.1 Å². The van der Waals surface area contributed by atoms with Crippen molar-refractivity contribution in [3.05, 3.63) is 90.5 Å². The maximum Gasteiger partial charge on any atom is 0.253 e. The zero-order valence-corrected chi connectivity index (χ0v) is 22.5. The third kappa shape index (κ3) is 5.53. The molecule has 2 aliphatic heterocycles. The van der Waals surface area contributed by atoms with E-state index in [0.717, 1.165) is 29.7 Å². The number of nitrogens with zero attached hydrogens (tertiary/aromatic N) is 3. The minimum Gasteiger partial charge on any atom is -0.355 e. The van der Waals surface area contributed by atoms with E-state index in [9.17, 15) is 14.4 Å². The molecule has 2 fully saturated rings. The Hall–Kier alpha value is -4.13. The van der Waals surface area contributed by atoms with E-state index in [-0.39, 0.29) is 24.3 Å². The largest absolute Gasteiger partial charge is 0.355 e. The first-order chi connectivity index (χ1) is 19.0. The summed E-state index contributed by atoms with van der Waals surface area (Å²) in [6.07, 6.45) is 2.95. The lowest BCUT2D eigenvalue weighted by molar-refractivity contribution is -0.137. The molecule has 2 heterocycles. The summed E-state index contributed by atoms with van der Waals surface area (Å²) in [6, 6.07) is 27.7. The van der Waals surface area contributed by atoms with E-state index >= 15 is 0 Å². The number of carbonyl (C=O) groups excluding carboxylic acids is 3. The zero-order valence-electron chi connectivity index (χ0n) is 22.5. The molecule has 7 nitrogen and oxygen atoms in total. The van der Waals surface area contributed by atoms with Gasteiger partial charge in [0.05, 0.1) is 6.67 Å². The van der Waals surface area contributed by atoms with Crippen molar-refractivity contribution in [2.24, 2.45) is 0 Å². The first-order valence-corrected chi connectivity index (χ1v) is 13.9. The van der Waals surface area contributed by atoms with Crippen LogP contribution >= 0.6 is 0 Å².